The molecule has 94 valence electrons. The highest BCUT2D eigenvalue weighted by atomic mass is 35.5. The highest BCUT2D eigenvalue weighted by Gasteiger charge is 2.01. The summed E-state index contributed by atoms with van der Waals surface area (Å²) in [4.78, 5) is 4.29. The van der Waals surface area contributed by atoms with Gasteiger partial charge >= 0.3 is 0 Å². The molecule has 0 aliphatic carbocycles. The van der Waals surface area contributed by atoms with Gasteiger partial charge in [-0.15, -0.1) is 0 Å². The third-order valence-corrected chi connectivity index (χ3v) is 3.83. The molecule has 0 aliphatic heterocycles. The number of nitrogen functional groups attached to an aromatic ring is 1. The van der Waals surface area contributed by atoms with E-state index in [1.54, 1.807) is 18.0 Å². The van der Waals surface area contributed by atoms with Crippen LogP contribution in [-0.2, 0) is 11.5 Å². The van der Waals surface area contributed by atoms with Crippen molar-refractivity contribution >= 4 is 29.1 Å². The van der Waals surface area contributed by atoms with E-state index in [2.05, 4.69) is 10.4 Å². The molecule has 5 heteroatoms. The molecular weight excluding hydrogens is 266 g/mol. The molecule has 0 spiro atoms. The fourth-order valence-electron chi connectivity index (χ4n) is 1.53. The molecule has 0 unspecified atom stereocenters. The van der Waals surface area contributed by atoms with E-state index in [4.69, 9.17) is 17.4 Å². The summed E-state index contributed by atoms with van der Waals surface area (Å²) in [6.45, 7) is 0. The second-order valence-corrected chi connectivity index (χ2v) is 5.16. The Bertz CT molecular complexity index is 519. The number of nitrogens with two attached hydrogens (primary N) is 1. The maximum atomic E-state index is 6.10. The molecule has 0 fully saturated rings. The number of hydrogen-bond donors (Lipinski definition) is 2. The average Bonchev–Trinajstić information content (AvgIpc) is 2.41. The summed E-state index contributed by atoms with van der Waals surface area (Å²) in [5.41, 5.74) is 5.64. The van der Waals surface area contributed by atoms with Crippen molar-refractivity contribution in [1.29, 1.82) is 0 Å². The molecule has 0 radical (unpaired) electrons. The molecule has 0 saturated carbocycles. The molecule has 1 heterocycles. The maximum absolute atomic E-state index is 6.10. The van der Waals surface area contributed by atoms with Crippen molar-refractivity contribution in [3.05, 3.63) is 58.9 Å². The van der Waals surface area contributed by atoms with Crippen molar-refractivity contribution < 1.29 is 0 Å². The summed E-state index contributed by atoms with van der Waals surface area (Å²) in [6.07, 6.45) is 1.75. The van der Waals surface area contributed by atoms with Gasteiger partial charge in [-0.25, -0.2) is 0 Å². The highest BCUT2D eigenvalue weighted by molar-refractivity contribution is 7.97. The van der Waals surface area contributed by atoms with Crippen LogP contribution < -0.4 is 11.3 Å². The lowest BCUT2D eigenvalue weighted by atomic mass is 10.2. The lowest BCUT2D eigenvalue weighted by Crippen LogP contribution is -2.07. The molecule has 18 heavy (non-hydrogen) atoms. The summed E-state index contributed by atoms with van der Waals surface area (Å²) < 4.78 is 0. The maximum Gasteiger partial charge on any atom is 0.0523 e. The fourth-order valence-corrected chi connectivity index (χ4v) is 2.75. The van der Waals surface area contributed by atoms with Crippen molar-refractivity contribution in [2.24, 2.45) is 5.84 Å². The van der Waals surface area contributed by atoms with Gasteiger partial charge in [-0.05, 0) is 23.8 Å². The first-order valence-electron chi connectivity index (χ1n) is 5.52. The van der Waals surface area contributed by atoms with Gasteiger partial charge in [0.25, 0.3) is 0 Å². The van der Waals surface area contributed by atoms with Gasteiger partial charge in [-0.2, -0.15) is 11.8 Å². The number of rotatable bonds is 5. The average molecular weight is 280 g/mol. The van der Waals surface area contributed by atoms with Gasteiger partial charge in [-0.1, -0.05) is 29.8 Å². The number of halogens is 1. The first-order valence-corrected chi connectivity index (χ1v) is 7.05. The highest BCUT2D eigenvalue weighted by Crippen LogP contribution is 2.23. The number of thioether (sulfide) groups is 1. The number of pyridine rings is 1. The number of nitrogens with zero attached hydrogens (tertiary/aromatic N) is 1. The molecule has 2 rings (SSSR count). The Hall–Kier alpha value is -1.23. The summed E-state index contributed by atoms with van der Waals surface area (Å²) in [7, 11) is 0. The van der Waals surface area contributed by atoms with E-state index in [9.17, 15) is 0 Å². The Balaban J connectivity index is 1.90. The predicted molar refractivity (Wildman–Crippen MR) is 78.5 cm³/mol. The van der Waals surface area contributed by atoms with E-state index >= 15 is 0 Å². The zero-order chi connectivity index (χ0) is 12.8. The Morgan fingerprint density at radius 1 is 1.22 bits per heavy atom. The molecular formula is C13H14ClN3S. The largest absolute Gasteiger partial charge is 0.324 e. The number of hydrazine groups is 1. The fraction of sp³-hybridized carbons (Fsp3) is 0.154. The van der Waals surface area contributed by atoms with Gasteiger partial charge < -0.3 is 5.43 Å². The number of nitrogens with one attached hydrogen (secondary N) is 1. The Labute approximate surface area is 116 Å². The minimum Gasteiger partial charge on any atom is -0.324 e. The zero-order valence-corrected chi connectivity index (χ0v) is 11.3. The summed E-state index contributed by atoms with van der Waals surface area (Å²) in [5, 5.41) is 0.815. The van der Waals surface area contributed by atoms with Crippen molar-refractivity contribution in [3.8, 4) is 0 Å². The van der Waals surface area contributed by atoms with Gasteiger partial charge in [0.15, 0.2) is 0 Å². The Morgan fingerprint density at radius 3 is 2.83 bits per heavy atom. The van der Waals surface area contributed by atoms with Crippen molar-refractivity contribution in [1.82, 2.24) is 4.98 Å². The molecule has 0 amide bonds. The first kappa shape index (κ1) is 13.2. The third kappa shape index (κ3) is 3.63. The van der Waals surface area contributed by atoms with E-state index in [-0.39, 0.29) is 0 Å². The van der Waals surface area contributed by atoms with Gasteiger partial charge in [0.05, 0.1) is 11.4 Å². The summed E-state index contributed by atoms with van der Waals surface area (Å²) in [6, 6.07) is 11.7. The molecule has 2 aromatic rings. The monoisotopic (exact) mass is 279 g/mol. The van der Waals surface area contributed by atoms with Crippen molar-refractivity contribution in [2.45, 2.75) is 11.5 Å². The van der Waals surface area contributed by atoms with Crippen LogP contribution in [0.15, 0.2) is 42.6 Å². The van der Waals surface area contributed by atoms with Crippen LogP contribution >= 0.6 is 23.4 Å². The van der Waals surface area contributed by atoms with Crippen molar-refractivity contribution in [2.75, 3.05) is 5.43 Å². The minimum atomic E-state index is 0.815. The van der Waals surface area contributed by atoms with Crippen molar-refractivity contribution in [3.63, 3.8) is 0 Å². The van der Waals surface area contributed by atoms with E-state index in [1.807, 2.05) is 36.4 Å². The number of benzene rings is 1. The van der Waals surface area contributed by atoms with Crippen LogP contribution in [0.4, 0.5) is 5.69 Å². The quantitative estimate of drug-likeness (QED) is 0.650. The van der Waals surface area contributed by atoms with Gasteiger partial charge in [0.2, 0.25) is 0 Å². The molecule has 0 atom stereocenters. The van der Waals surface area contributed by atoms with Crippen LogP contribution in [-0.4, -0.2) is 4.98 Å². The van der Waals surface area contributed by atoms with Crippen LogP contribution in [0, 0.1) is 0 Å². The topological polar surface area (TPSA) is 50.9 Å². The Morgan fingerprint density at radius 2 is 2.06 bits per heavy atom. The standard InChI is InChI=1S/C13H14ClN3S/c14-13-4-2-1-3-10(13)8-18-9-12-7-11(17-15)5-6-16-12/h1-7H,8-9,15H2,(H,16,17). The zero-order valence-electron chi connectivity index (χ0n) is 9.77. The SMILES string of the molecule is NNc1ccnc(CSCc2ccccc2Cl)c1. The minimum absolute atomic E-state index is 0.815. The Kier molecular flexibility index (Phi) is 4.87. The normalized spacial score (nSPS) is 10.3. The smallest absolute Gasteiger partial charge is 0.0523 e. The first-order chi connectivity index (χ1) is 8.79. The van der Waals surface area contributed by atoms with Gasteiger partial charge in [0.1, 0.15) is 0 Å². The number of anilines is 1. The van der Waals surface area contributed by atoms with E-state index in [1.165, 1.54) is 0 Å². The van der Waals surface area contributed by atoms with Gasteiger partial charge in [-0.3, -0.25) is 10.8 Å². The van der Waals surface area contributed by atoms with Crippen LogP contribution in [0.5, 0.6) is 0 Å². The molecule has 3 N–H and O–H groups in total. The molecule has 3 nitrogen and oxygen atoms in total. The third-order valence-electron chi connectivity index (χ3n) is 2.45. The lowest BCUT2D eigenvalue weighted by Gasteiger charge is -2.05. The van der Waals surface area contributed by atoms with E-state index < -0.39 is 0 Å². The lowest BCUT2D eigenvalue weighted by molar-refractivity contribution is 1.16. The molecule has 1 aromatic heterocycles. The molecule has 0 bridgehead atoms. The van der Waals surface area contributed by atoms with E-state index in [0.717, 1.165) is 33.5 Å². The number of hydrogen-bond acceptors (Lipinski definition) is 4. The summed E-state index contributed by atoms with van der Waals surface area (Å²) >= 11 is 7.88. The second kappa shape index (κ2) is 6.64. The van der Waals surface area contributed by atoms with Crippen LogP contribution in [0.2, 0.25) is 5.02 Å². The molecule has 1 aromatic carbocycles. The predicted octanol–water partition coefficient (Wildman–Crippen LogP) is 3.45. The van der Waals surface area contributed by atoms with Crippen LogP contribution in [0.3, 0.4) is 0 Å². The number of aromatic nitrogens is 1. The van der Waals surface area contributed by atoms with E-state index in [0.29, 0.717) is 0 Å². The van der Waals surface area contributed by atoms with Crippen LogP contribution in [0.1, 0.15) is 11.3 Å². The summed E-state index contributed by atoms with van der Waals surface area (Å²) in [5.74, 6) is 7.07. The molecule has 0 aliphatic rings. The second-order valence-electron chi connectivity index (χ2n) is 3.76. The van der Waals surface area contributed by atoms with Crippen LogP contribution in [0.25, 0.3) is 0 Å². The van der Waals surface area contributed by atoms with Gasteiger partial charge in [0, 0.05) is 22.7 Å². The molecule has 0 saturated heterocycles.